The first-order chi connectivity index (χ1) is 6.93. The molecule has 1 N–H and O–H groups in total. The zero-order valence-electron chi connectivity index (χ0n) is 9.32. The third-order valence-corrected chi connectivity index (χ3v) is 3.98. The number of amides is 1. The molecule has 0 spiro atoms. The van der Waals surface area contributed by atoms with Gasteiger partial charge in [-0.1, -0.05) is 0 Å². The molecule has 1 fully saturated rings. The third-order valence-electron chi connectivity index (χ3n) is 3.07. The summed E-state index contributed by atoms with van der Waals surface area (Å²) in [6.45, 7) is 4.01. The zero-order chi connectivity index (χ0) is 11.6. The number of carboxylic acid groups (broad SMARTS) is 1. The third kappa shape index (κ3) is 2.12. The predicted octanol–water partition coefficient (Wildman–Crippen LogP) is 1.20. The van der Waals surface area contributed by atoms with E-state index in [1.807, 2.05) is 13.2 Å². The van der Waals surface area contributed by atoms with Crippen molar-refractivity contribution >= 4 is 23.6 Å². The van der Waals surface area contributed by atoms with E-state index >= 15 is 0 Å². The van der Waals surface area contributed by atoms with Gasteiger partial charge in [0.2, 0.25) is 5.91 Å². The van der Waals surface area contributed by atoms with Gasteiger partial charge in [-0.2, -0.15) is 11.8 Å². The first-order valence-electron chi connectivity index (χ1n) is 5.01. The standard InChI is InChI=1S/C10H17NO3S/c1-7(15-3)8(12)11-6-4-5-10(11,2)9(13)14/h7H,4-6H2,1-3H3,(H,13,14). The van der Waals surface area contributed by atoms with Crippen molar-refractivity contribution in [3.05, 3.63) is 0 Å². The van der Waals surface area contributed by atoms with Crippen LogP contribution >= 0.6 is 11.8 Å². The summed E-state index contributed by atoms with van der Waals surface area (Å²) in [5, 5.41) is 8.98. The van der Waals surface area contributed by atoms with Crippen LogP contribution in [-0.2, 0) is 9.59 Å². The number of thioether (sulfide) groups is 1. The van der Waals surface area contributed by atoms with E-state index in [1.54, 1.807) is 6.92 Å². The van der Waals surface area contributed by atoms with E-state index < -0.39 is 11.5 Å². The summed E-state index contributed by atoms with van der Waals surface area (Å²) in [5.41, 5.74) is -0.999. The van der Waals surface area contributed by atoms with Gasteiger partial charge in [0.1, 0.15) is 5.54 Å². The van der Waals surface area contributed by atoms with E-state index in [0.29, 0.717) is 13.0 Å². The largest absolute Gasteiger partial charge is 0.480 e. The highest BCUT2D eigenvalue weighted by molar-refractivity contribution is 7.99. The summed E-state index contributed by atoms with van der Waals surface area (Å²) in [4.78, 5) is 24.6. The van der Waals surface area contributed by atoms with Gasteiger partial charge in [-0.25, -0.2) is 4.79 Å². The molecule has 0 aromatic rings. The Morgan fingerprint density at radius 1 is 1.53 bits per heavy atom. The second-order valence-corrected chi connectivity index (χ2v) is 5.23. The fourth-order valence-corrected chi connectivity index (χ4v) is 2.19. The molecule has 0 aromatic carbocycles. The van der Waals surface area contributed by atoms with Crippen molar-refractivity contribution in [2.24, 2.45) is 0 Å². The van der Waals surface area contributed by atoms with Gasteiger partial charge in [-0.05, 0) is 32.9 Å². The van der Waals surface area contributed by atoms with Gasteiger partial charge >= 0.3 is 5.97 Å². The van der Waals surface area contributed by atoms with E-state index in [4.69, 9.17) is 5.11 Å². The number of carboxylic acids is 1. The van der Waals surface area contributed by atoms with Gasteiger partial charge in [0, 0.05) is 6.54 Å². The summed E-state index contributed by atoms with van der Waals surface area (Å²) in [5.74, 6) is -0.966. The monoisotopic (exact) mass is 231 g/mol. The minimum absolute atomic E-state index is 0.0649. The normalized spacial score (nSPS) is 27.8. The van der Waals surface area contributed by atoms with E-state index in [1.165, 1.54) is 16.7 Å². The second kappa shape index (κ2) is 4.43. The Kier molecular flexibility index (Phi) is 3.65. The molecule has 1 saturated heterocycles. The van der Waals surface area contributed by atoms with Crippen molar-refractivity contribution in [2.45, 2.75) is 37.5 Å². The molecule has 86 valence electrons. The average Bonchev–Trinajstić information content (AvgIpc) is 2.59. The minimum Gasteiger partial charge on any atom is -0.480 e. The predicted molar refractivity (Wildman–Crippen MR) is 60.0 cm³/mol. The Hall–Kier alpha value is -0.710. The molecule has 1 heterocycles. The van der Waals surface area contributed by atoms with Crippen LogP contribution in [-0.4, -0.2) is 45.5 Å². The smallest absolute Gasteiger partial charge is 0.329 e. The Balaban J connectivity index is 2.86. The number of carbonyl (C=O) groups is 2. The number of nitrogens with zero attached hydrogens (tertiary/aromatic N) is 1. The van der Waals surface area contributed by atoms with Crippen LogP contribution in [0.1, 0.15) is 26.7 Å². The lowest BCUT2D eigenvalue weighted by atomic mass is 9.99. The van der Waals surface area contributed by atoms with Crippen molar-refractivity contribution in [2.75, 3.05) is 12.8 Å². The summed E-state index contributed by atoms with van der Waals surface area (Å²) < 4.78 is 0. The molecule has 4 nitrogen and oxygen atoms in total. The number of hydrogen-bond acceptors (Lipinski definition) is 3. The van der Waals surface area contributed by atoms with Gasteiger partial charge in [-0.3, -0.25) is 4.79 Å². The molecule has 1 amide bonds. The summed E-state index contributed by atoms with van der Waals surface area (Å²) >= 11 is 1.45. The summed E-state index contributed by atoms with van der Waals surface area (Å²) in [6, 6.07) is 0. The lowest BCUT2D eigenvalue weighted by Gasteiger charge is -2.32. The number of rotatable bonds is 3. The highest BCUT2D eigenvalue weighted by atomic mass is 32.2. The molecule has 1 aliphatic rings. The molecule has 1 rings (SSSR count). The highest BCUT2D eigenvalue weighted by Crippen LogP contribution is 2.30. The van der Waals surface area contributed by atoms with E-state index in [-0.39, 0.29) is 11.2 Å². The van der Waals surface area contributed by atoms with Crippen molar-refractivity contribution in [1.29, 1.82) is 0 Å². The fraction of sp³-hybridized carbons (Fsp3) is 0.800. The molecule has 5 heteroatoms. The molecule has 0 bridgehead atoms. The molecule has 0 saturated carbocycles. The lowest BCUT2D eigenvalue weighted by Crippen LogP contribution is -2.52. The Labute approximate surface area is 94.0 Å². The molecular formula is C10H17NO3S. The topological polar surface area (TPSA) is 57.6 Å². The van der Waals surface area contributed by atoms with Crippen LogP contribution in [0.4, 0.5) is 0 Å². The average molecular weight is 231 g/mol. The van der Waals surface area contributed by atoms with E-state index in [9.17, 15) is 9.59 Å². The van der Waals surface area contributed by atoms with Crippen molar-refractivity contribution in [1.82, 2.24) is 4.90 Å². The zero-order valence-corrected chi connectivity index (χ0v) is 10.1. The first kappa shape index (κ1) is 12.4. The van der Waals surface area contributed by atoms with Gasteiger partial charge in [-0.15, -0.1) is 0 Å². The number of carbonyl (C=O) groups excluding carboxylic acids is 1. The van der Waals surface area contributed by atoms with Crippen LogP contribution in [0, 0.1) is 0 Å². The molecule has 1 aliphatic heterocycles. The van der Waals surface area contributed by atoms with Gasteiger partial charge in [0.25, 0.3) is 0 Å². The lowest BCUT2D eigenvalue weighted by molar-refractivity contribution is -0.155. The number of likely N-dealkylation sites (tertiary alicyclic amines) is 1. The maximum absolute atomic E-state index is 11.9. The quantitative estimate of drug-likeness (QED) is 0.793. The molecule has 0 aliphatic carbocycles. The van der Waals surface area contributed by atoms with E-state index in [2.05, 4.69) is 0 Å². The van der Waals surface area contributed by atoms with Crippen LogP contribution in [0.15, 0.2) is 0 Å². The van der Waals surface area contributed by atoms with Crippen molar-refractivity contribution in [3.63, 3.8) is 0 Å². The van der Waals surface area contributed by atoms with Crippen LogP contribution in [0.3, 0.4) is 0 Å². The van der Waals surface area contributed by atoms with Gasteiger partial charge in [0.05, 0.1) is 5.25 Å². The molecule has 2 atom stereocenters. The highest BCUT2D eigenvalue weighted by Gasteiger charge is 2.46. The van der Waals surface area contributed by atoms with Crippen LogP contribution in [0.25, 0.3) is 0 Å². The van der Waals surface area contributed by atoms with Crippen LogP contribution in [0.2, 0.25) is 0 Å². The Bertz CT molecular complexity index is 282. The summed E-state index contributed by atoms with van der Waals surface area (Å²) in [6.07, 6.45) is 3.18. The first-order valence-corrected chi connectivity index (χ1v) is 6.30. The van der Waals surface area contributed by atoms with Crippen molar-refractivity contribution in [3.8, 4) is 0 Å². The molecule has 0 radical (unpaired) electrons. The van der Waals surface area contributed by atoms with Crippen LogP contribution < -0.4 is 0 Å². The van der Waals surface area contributed by atoms with Crippen molar-refractivity contribution < 1.29 is 14.7 Å². The van der Waals surface area contributed by atoms with Crippen LogP contribution in [0.5, 0.6) is 0 Å². The second-order valence-electron chi connectivity index (χ2n) is 4.05. The maximum Gasteiger partial charge on any atom is 0.329 e. The SMILES string of the molecule is CSC(C)C(=O)N1CCCC1(C)C(=O)O. The Morgan fingerprint density at radius 3 is 2.60 bits per heavy atom. The molecule has 0 aromatic heterocycles. The van der Waals surface area contributed by atoms with Gasteiger partial charge < -0.3 is 10.0 Å². The number of aliphatic carboxylic acids is 1. The Morgan fingerprint density at radius 2 is 2.13 bits per heavy atom. The van der Waals surface area contributed by atoms with Gasteiger partial charge in [0.15, 0.2) is 0 Å². The maximum atomic E-state index is 11.9. The minimum atomic E-state index is -0.999. The van der Waals surface area contributed by atoms with E-state index in [0.717, 1.165) is 6.42 Å². The molecule has 15 heavy (non-hydrogen) atoms. The molecular weight excluding hydrogens is 214 g/mol. The number of hydrogen-bond donors (Lipinski definition) is 1. The summed E-state index contributed by atoms with van der Waals surface area (Å²) in [7, 11) is 0. The molecule has 2 unspecified atom stereocenters. The fourth-order valence-electron chi connectivity index (χ4n) is 1.86.